The van der Waals surface area contributed by atoms with E-state index in [1.807, 2.05) is 31.2 Å². The normalized spacial score (nSPS) is 10.9. The summed E-state index contributed by atoms with van der Waals surface area (Å²) in [7, 11) is 1.73. The number of methoxy groups -OCH3 is 1. The van der Waals surface area contributed by atoms with Gasteiger partial charge in [0, 0.05) is 20.7 Å². The Labute approximate surface area is 167 Å². The van der Waals surface area contributed by atoms with Gasteiger partial charge in [0.1, 0.15) is 11.5 Å². The van der Waals surface area contributed by atoms with Crippen LogP contribution in [0, 0.1) is 6.92 Å². The van der Waals surface area contributed by atoms with Gasteiger partial charge in [0.2, 0.25) is 5.89 Å². The van der Waals surface area contributed by atoms with Crippen LogP contribution in [0.1, 0.15) is 30.4 Å². The molecule has 0 amide bonds. The molecule has 3 nitrogen and oxygen atoms in total. The van der Waals surface area contributed by atoms with E-state index < -0.39 is 0 Å². The van der Waals surface area contributed by atoms with Gasteiger partial charge >= 0.3 is 0 Å². The number of aryl methyl sites for hydroxylation is 2. The first kappa shape index (κ1) is 19.1. The third kappa shape index (κ3) is 4.51. The molecule has 26 heavy (non-hydrogen) atoms. The largest absolute Gasteiger partial charge is 0.496 e. The Morgan fingerprint density at radius 1 is 1.15 bits per heavy atom. The predicted molar refractivity (Wildman–Crippen MR) is 111 cm³/mol. The SMILES string of the molecule is CCCc1cc(SCc2nc(-c3ccc(Br)cc3)oc2C)ccc1OC. The second-order valence-corrected chi connectivity index (χ2v) is 8.01. The van der Waals surface area contributed by atoms with E-state index in [-0.39, 0.29) is 0 Å². The summed E-state index contributed by atoms with van der Waals surface area (Å²) in [6.45, 7) is 4.16. The third-order valence-electron chi connectivity index (χ3n) is 4.13. The van der Waals surface area contributed by atoms with Crippen molar-refractivity contribution in [1.29, 1.82) is 0 Å². The molecule has 0 N–H and O–H groups in total. The van der Waals surface area contributed by atoms with Crippen molar-refractivity contribution in [3.8, 4) is 17.2 Å². The molecule has 0 saturated carbocycles. The Bertz CT molecular complexity index is 874. The van der Waals surface area contributed by atoms with Crippen molar-refractivity contribution in [2.45, 2.75) is 37.3 Å². The van der Waals surface area contributed by atoms with Gasteiger partial charge in [-0.05, 0) is 61.4 Å². The molecule has 136 valence electrons. The summed E-state index contributed by atoms with van der Waals surface area (Å²) < 4.78 is 12.4. The summed E-state index contributed by atoms with van der Waals surface area (Å²) in [6.07, 6.45) is 2.12. The van der Waals surface area contributed by atoms with E-state index in [0.29, 0.717) is 5.89 Å². The van der Waals surface area contributed by atoms with E-state index in [1.54, 1.807) is 18.9 Å². The van der Waals surface area contributed by atoms with Crippen LogP contribution in [0.25, 0.3) is 11.5 Å². The number of hydrogen-bond acceptors (Lipinski definition) is 4. The number of benzene rings is 2. The van der Waals surface area contributed by atoms with Gasteiger partial charge < -0.3 is 9.15 Å². The maximum Gasteiger partial charge on any atom is 0.226 e. The molecular formula is C21H22BrNO2S. The van der Waals surface area contributed by atoms with Crippen LogP contribution in [0.5, 0.6) is 5.75 Å². The number of hydrogen-bond donors (Lipinski definition) is 0. The topological polar surface area (TPSA) is 35.3 Å². The zero-order valence-electron chi connectivity index (χ0n) is 15.2. The smallest absolute Gasteiger partial charge is 0.226 e. The minimum Gasteiger partial charge on any atom is -0.496 e. The quantitative estimate of drug-likeness (QED) is 0.391. The van der Waals surface area contributed by atoms with Gasteiger partial charge in [0.05, 0.1) is 12.8 Å². The van der Waals surface area contributed by atoms with Gasteiger partial charge in [-0.25, -0.2) is 4.98 Å². The van der Waals surface area contributed by atoms with Crippen molar-refractivity contribution in [1.82, 2.24) is 4.98 Å². The molecular weight excluding hydrogens is 410 g/mol. The first-order chi connectivity index (χ1) is 12.6. The van der Waals surface area contributed by atoms with Crippen molar-refractivity contribution in [3.63, 3.8) is 0 Å². The molecule has 0 aliphatic rings. The van der Waals surface area contributed by atoms with Gasteiger partial charge in [0.25, 0.3) is 0 Å². The third-order valence-corrected chi connectivity index (χ3v) is 5.66. The molecule has 0 radical (unpaired) electrons. The molecule has 1 aromatic heterocycles. The average Bonchev–Trinajstić information content (AvgIpc) is 3.02. The van der Waals surface area contributed by atoms with Crippen LogP contribution in [0.3, 0.4) is 0 Å². The Morgan fingerprint density at radius 2 is 1.92 bits per heavy atom. The molecule has 0 fully saturated rings. The van der Waals surface area contributed by atoms with Gasteiger partial charge in [-0.2, -0.15) is 0 Å². The van der Waals surface area contributed by atoms with E-state index in [9.17, 15) is 0 Å². The molecule has 0 spiro atoms. The van der Waals surface area contributed by atoms with Crippen LogP contribution in [-0.2, 0) is 12.2 Å². The fourth-order valence-corrected chi connectivity index (χ4v) is 3.96. The number of rotatable bonds is 7. The van der Waals surface area contributed by atoms with E-state index >= 15 is 0 Å². The second kappa shape index (κ2) is 8.78. The summed E-state index contributed by atoms with van der Waals surface area (Å²) in [5, 5.41) is 0. The summed E-state index contributed by atoms with van der Waals surface area (Å²) in [4.78, 5) is 5.91. The Hall–Kier alpha value is -1.72. The van der Waals surface area contributed by atoms with Crippen molar-refractivity contribution >= 4 is 27.7 Å². The molecule has 3 aromatic rings. The first-order valence-electron chi connectivity index (χ1n) is 8.62. The lowest BCUT2D eigenvalue weighted by molar-refractivity contribution is 0.409. The fourth-order valence-electron chi connectivity index (χ4n) is 2.74. The molecule has 1 heterocycles. The highest BCUT2D eigenvalue weighted by molar-refractivity contribution is 9.10. The molecule has 5 heteroatoms. The lowest BCUT2D eigenvalue weighted by atomic mass is 10.1. The molecule has 0 atom stereocenters. The van der Waals surface area contributed by atoms with Gasteiger partial charge in [-0.1, -0.05) is 29.3 Å². The van der Waals surface area contributed by atoms with Gasteiger partial charge in [0.15, 0.2) is 0 Å². The van der Waals surface area contributed by atoms with E-state index in [2.05, 4.69) is 46.0 Å². The maximum atomic E-state index is 5.87. The Morgan fingerprint density at radius 3 is 2.62 bits per heavy atom. The first-order valence-corrected chi connectivity index (χ1v) is 10.4. The average molecular weight is 432 g/mol. The standard InChI is InChI=1S/C21H22BrNO2S/c1-4-5-16-12-18(10-11-20(16)24-3)26-13-19-14(2)25-21(23-19)15-6-8-17(22)9-7-15/h6-12H,4-5,13H2,1-3H3. The van der Waals surface area contributed by atoms with Crippen molar-refractivity contribution in [2.24, 2.45) is 0 Å². The van der Waals surface area contributed by atoms with Crippen molar-refractivity contribution in [2.75, 3.05) is 7.11 Å². The van der Waals surface area contributed by atoms with Crippen LogP contribution in [0.4, 0.5) is 0 Å². The van der Waals surface area contributed by atoms with Crippen LogP contribution < -0.4 is 4.74 Å². The maximum absolute atomic E-state index is 5.87. The van der Waals surface area contributed by atoms with Gasteiger partial charge in [-0.15, -0.1) is 11.8 Å². The Balaban J connectivity index is 1.74. The highest BCUT2D eigenvalue weighted by Gasteiger charge is 2.12. The second-order valence-electron chi connectivity index (χ2n) is 6.04. The number of thioether (sulfide) groups is 1. The number of halogens is 1. The van der Waals surface area contributed by atoms with Crippen LogP contribution >= 0.6 is 27.7 Å². The van der Waals surface area contributed by atoms with E-state index in [1.165, 1.54) is 10.5 Å². The predicted octanol–water partition coefficient (Wildman–Crippen LogP) is 6.67. The highest BCUT2D eigenvalue weighted by atomic mass is 79.9. The fraction of sp³-hybridized carbons (Fsp3) is 0.286. The molecule has 0 saturated heterocycles. The summed E-state index contributed by atoms with van der Waals surface area (Å²) >= 11 is 5.22. The monoisotopic (exact) mass is 431 g/mol. The molecule has 3 rings (SSSR count). The van der Waals surface area contributed by atoms with Crippen LogP contribution in [-0.4, -0.2) is 12.1 Å². The lowest BCUT2D eigenvalue weighted by Crippen LogP contribution is -1.92. The number of oxazole rings is 1. The number of ether oxygens (including phenoxy) is 1. The molecule has 0 aliphatic heterocycles. The number of aromatic nitrogens is 1. The summed E-state index contributed by atoms with van der Waals surface area (Å²) in [5.41, 5.74) is 3.23. The van der Waals surface area contributed by atoms with Crippen LogP contribution in [0.2, 0.25) is 0 Å². The van der Waals surface area contributed by atoms with Crippen LogP contribution in [0.15, 0.2) is 56.2 Å². The minimum absolute atomic E-state index is 0.673. The summed E-state index contributed by atoms with van der Waals surface area (Å²) in [6, 6.07) is 14.4. The molecule has 2 aromatic carbocycles. The Kier molecular flexibility index (Phi) is 6.43. The van der Waals surface area contributed by atoms with Crippen molar-refractivity contribution < 1.29 is 9.15 Å². The molecule has 0 aliphatic carbocycles. The molecule has 0 unspecified atom stereocenters. The van der Waals surface area contributed by atoms with E-state index in [4.69, 9.17) is 9.15 Å². The molecule has 0 bridgehead atoms. The zero-order valence-corrected chi connectivity index (χ0v) is 17.6. The van der Waals surface area contributed by atoms with E-state index in [0.717, 1.165) is 45.8 Å². The minimum atomic E-state index is 0.673. The zero-order chi connectivity index (χ0) is 18.5. The number of nitrogens with zero attached hydrogens (tertiary/aromatic N) is 1. The van der Waals surface area contributed by atoms with Crippen molar-refractivity contribution in [3.05, 3.63) is 64.0 Å². The highest BCUT2D eigenvalue weighted by Crippen LogP contribution is 2.31. The van der Waals surface area contributed by atoms with Gasteiger partial charge in [-0.3, -0.25) is 0 Å². The lowest BCUT2D eigenvalue weighted by Gasteiger charge is -2.09. The summed E-state index contributed by atoms with van der Waals surface area (Å²) in [5.74, 6) is 3.29.